The van der Waals surface area contributed by atoms with Gasteiger partial charge in [-0.3, -0.25) is 5.10 Å². The first-order chi connectivity index (χ1) is 6.85. The Balaban J connectivity index is 2.08. The molecular formula is C9H14ClN3O. The molecule has 1 fully saturated rings. The number of hydrogen-bond acceptors (Lipinski definition) is 3. The monoisotopic (exact) mass is 215 g/mol. The molecule has 1 aromatic heterocycles. The third-order valence-electron chi connectivity index (χ3n) is 2.33. The van der Waals surface area contributed by atoms with E-state index in [1.54, 1.807) is 0 Å². The highest BCUT2D eigenvalue weighted by molar-refractivity contribution is 6.16. The number of halogens is 1. The molecule has 0 saturated heterocycles. The molecule has 14 heavy (non-hydrogen) atoms. The predicted molar refractivity (Wildman–Crippen MR) is 53.0 cm³/mol. The molecule has 1 aliphatic rings. The van der Waals surface area contributed by atoms with Crippen molar-refractivity contribution in [2.45, 2.75) is 31.7 Å². The summed E-state index contributed by atoms with van der Waals surface area (Å²) in [5.41, 5.74) is 0. The standard InChI is InChI=1S/C9H14ClN3O/c1-2-14-8(6-3-4-6)9-11-7(5-10)12-13-9/h6,8H,2-5H2,1H3,(H,11,12,13). The third-order valence-corrected chi connectivity index (χ3v) is 2.58. The number of hydrogen-bond donors (Lipinski definition) is 1. The topological polar surface area (TPSA) is 50.8 Å². The Kier molecular flexibility index (Phi) is 3.03. The molecule has 0 bridgehead atoms. The van der Waals surface area contributed by atoms with E-state index in [1.165, 1.54) is 12.8 Å². The van der Waals surface area contributed by atoms with Crippen LogP contribution in [0.25, 0.3) is 0 Å². The van der Waals surface area contributed by atoms with Crippen molar-refractivity contribution in [1.29, 1.82) is 0 Å². The summed E-state index contributed by atoms with van der Waals surface area (Å²) < 4.78 is 5.62. The highest BCUT2D eigenvalue weighted by Gasteiger charge is 2.35. The Bertz CT molecular complexity index is 298. The van der Waals surface area contributed by atoms with Gasteiger partial charge in [0.25, 0.3) is 0 Å². The zero-order valence-corrected chi connectivity index (χ0v) is 8.92. The third kappa shape index (κ3) is 2.07. The molecule has 1 aromatic rings. The van der Waals surface area contributed by atoms with E-state index in [-0.39, 0.29) is 6.10 Å². The summed E-state index contributed by atoms with van der Waals surface area (Å²) in [6.07, 6.45) is 2.50. The van der Waals surface area contributed by atoms with Gasteiger partial charge in [-0.1, -0.05) is 0 Å². The van der Waals surface area contributed by atoms with Crippen molar-refractivity contribution in [3.8, 4) is 0 Å². The first-order valence-corrected chi connectivity index (χ1v) is 5.47. The molecule has 1 saturated carbocycles. The molecule has 0 aliphatic heterocycles. The average molecular weight is 216 g/mol. The minimum atomic E-state index is 0.0632. The average Bonchev–Trinajstić information content (AvgIpc) is 2.92. The summed E-state index contributed by atoms with van der Waals surface area (Å²) in [7, 11) is 0. The number of aromatic amines is 1. The number of aromatic nitrogens is 3. The molecule has 0 aromatic carbocycles. The lowest BCUT2D eigenvalue weighted by molar-refractivity contribution is 0.0403. The maximum absolute atomic E-state index is 5.64. The van der Waals surface area contributed by atoms with Gasteiger partial charge >= 0.3 is 0 Å². The number of H-pyrrole nitrogens is 1. The van der Waals surface area contributed by atoms with Gasteiger partial charge in [-0.15, -0.1) is 11.6 Å². The molecule has 0 spiro atoms. The molecule has 1 atom stereocenters. The lowest BCUT2D eigenvalue weighted by Crippen LogP contribution is -2.08. The molecule has 1 aliphatic carbocycles. The summed E-state index contributed by atoms with van der Waals surface area (Å²) in [5, 5.41) is 6.93. The minimum Gasteiger partial charge on any atom is -0.370 e. The fourth-order valence-electron chi connectivity index (χ4n) is 1.50. The second kappa shape index (κ2) is 4.28. The maximum Gasteiger partial charge on any atom is 0.179 e. The quantitative estimate of drug-likeness (QED) is 0.765. The van der Waals surface area contributed by atoms with E-state index in [4.69, 9.17) is 16.3 Å². The van der Waals surface area contributed by atoms with Crippen LogP contribution >= 0.6 is 11.6 Å². The molecule has 1 N–H and O–H groups in total. The van der Waals surface area contributed by atoms with Gasteiger partial charge in [-0.25, -0.2) is 4.98 Å². The number of nitrogens with one attached hydrogen (secondary N) is 1. The van der Waals surface area contributed by atoms with Crippen LogP contribution in [0.5, 0.6) is 0 Å². The fourth-order valence-corrected chi connectivity index (χ4v) is 1.62. The summed E-state index contributed by atoms with van der Waals surface area (Å²) in [6, 6.07) is 0. The lowest BCUT2D eigenvalue weighted by atomic mass is 10.2. The predicted octanol–water partition coefficient (Wildman–Crippen LogP) is 2.03. The summed E-state index contributed by atoms with van der Waals surface area (Å²) in [6.45, 7) is 2.69. The molecule has 0 amide bonds. The Hall–Kier alpha value is -0.610. The number of nitrogens with zero attached hydrogens (tertiary/aromatic N) is 2. The van der Waals surface area contributed by atoms with E-state index in [9.17, 15) is 0 Å². The summed E-state index contributed by atoms with van der Waals surface area (Å²) >= 11 is 5.64. The minimum absolute atomic E-state index is 0.0632. The van der Waals surface area contributed by atoms with Gasteiger partial charge in [0.05, 0.1) is 5.88 Å². The highest BCUT2D eigenvalue weighted by atomic mass is 35.5. The van der Waals surface area contributed by atoms with Crippen LogP contribution in [0.1, 0.15) is 37.5 Å². The van der Waals surface area contributed by atoms with Crippen LogP contribution in [0.2, 0.25) is 0 Å². The van der Waals surface area contributed by atoms with E-state index >= 15 is 0 Å². The van der Waals surface area contributed by atoms with Crippen LogP contribution in [0.4, 0.5) is 0 Å². The Labute approximate surface area is 88.0 Å². The van der Waals surface area contributed by atoms with Crippen molar-refractivity contribution in [2.24, 2.45) is 5.92 Å². The van der Waals surface area contributed by atoms with E-state index in [1.807, 2.05) is 6.92 Å². The summed E-state index contributed by atoms with van der Waals surface area (Å²) in [5.74, 6) is 2.45. The van der Waals surface area contributed by atoms with Crippen LogP contribution < -0.4 is 0 Å². The van der Waals surface area contributed by atoms with Crippen LogP contribution in [0.15, 0.2) is 0 Å². The molecule has 1 unspecified atom stereocenters. The van der Waals surface area contributed by atoms with Crippen molar-refractivity contribution >= 4 is 11.6 Å². The van der Waals surface area contributed by atoms with Crippen molar-refractivity contribution < 1.29 is 4.74 Å². The molecule has 2 rings (SSSR count). The second-order valence-electron chi connectivity index (χ2n) is 3.49. The zero-order valence-electron chi connectivity index (χ0n) is 8.16. The zero-order chi connectivity index (χ0) is 9.97. The first kappa shape index (κ1) is 9.93. The molecule has 4 nitrogen and oxygen atoms in total. The van der Waals surface area contributed by atoms with Crippen LogP contribution in [0.3, 0.4) is 0 Å². The lowest BCUT2D eigenvalue weighted by Gasteiger charge is -2.11. The fraction of sp³-hybridized carbons (Fsp3) is 0.778. The van der Waals surface area contributed by atoms with Crippen molar-refractivity contribution in [2.75, 3.05) is 6.61 Å². The smallest absolute Gasteiger partial charge is 0.179 e. The van der Waals surface area contributed by atoms with Gasteiger partial charge in [0, 0.05) is 6.61 Å². The van der Waals surface area contributed by atoms with Crippen LogP contribution in [-0.2, 0) is 10.6 Å². The normalized spacial score (nSPS) is 18.4. The molecule has 5 heteroatoms. The molecule has 78 valence electrons. The van der Waals surface area contributed by atoms with E-state index in [2.05, 4.69) is 15.2 Å². The largest absolute Gasteiger partial charge is 0.370 e. The first-order valence-electron chi connectivity index (χ1n) is 4.94. The van der Waals surface area contributed by atoms with Crippen molar-refractivity contribution in [3.05, 3.63) is 11.6 Å². The van der Waals surface area contributed by atoms with E-state index in [0.29, 0.717) is 24.2 Å². The molecular weight excluding hydrogens is 202 g/mol. The van der Waals surface area contributed by atoms with Crippen molar-refractivity contribution in [1.82, 2.24) is 15.2 Å². The molecule has 1 heterocycles. The Morgan fingerprint density at radius 2 is 2.43 bits per heavy atom. The SMILES string of the molecule is CCOC(c1n[nH]c(CCl)n1)C1CC1. The van der Waals surface area contributed by atoms with Gasteiger partial charge in [-0.2, -0.15) is 5.10 Å². The highest BCUT2D eigenvalue weighted by Crippen LogP contribution is 2.42. The number of rotatable bonds is 5. The van der Waals surface area contributed by atoms with Crippen molar-refractivity contribution in [3.63, 3.8) is 0 Å². The van der Waals surface area contributed by atoms with Gasteiger partial charge in [0.1, 0.15) is 11.9 Å². The van der Waals surface area contributed by atoms with Gasteiger partial charge in [0.2, 0.25) is 0 Å². The van der Waals surface area contributed by atoms with E-state index < -0.39 is 0 Å². The van der Waals surface area contributed by atoms with E-state index in [0.717, 1.165) is 5.82 Å². The summed E-state index contributed by atoms with van der Waals surface area (Å²) in [4.78, 5) is 4.29. The van der Waals surface area contributed by atoms with Gasteiger partial charge in [-0.05, 0) is 25.7 Å². The number of ether oxygens (including phenoxy) is 1. The number of alkyl halides is 1. The van der Waals surface area contributed by atoms with Crippen LogP contribution in [-0.4, -0.2) is 21.8 Å². The Morgan fingerprint density at radius 3 is 2.93 bits per heavy atom. The second-order valence-corrected chi connectivity index (χ2v) is 3.75. The Morgan fingerprint density at radius 1 is 1.64 bits per heavy atom. The van der Waals surface area contributed by atoms with Gasteiger partial charge in [0.15, 0.2) is 5.82 Å². The van der Waals surface area contributed by atoms with Gasteiger partial charge < -0.3 is 4.74 Å². The molecule has 0 radical (unpaired) electrons. The van der Waals surface area contributed by atoms with Crippen LogP contribution in [0, 0.1) is 5.92 Å². The maximum atomic E-state index is 5.64.